The van der Waals surface area contributed by atoms with E-state index in [-0.39, 0.29) is 10.7 Å². The summed E-state index contributed by atoms with van der Waals surface area (Å²) in [5, 5.41) is 5.27. The van der Waals surface area contributed by atoms with Gasteiger partial charge in [0.15, 0.2) is 6.29 Å². The van der Waals surface area contributed by atoms with Crippen molar-refractivity contribution in [3.05, 3.63) is 37.3 Å². The molecular formula is C11H9BrClN3OS. The second-order valence-corrected chi connectivity index (χ2v) is 5.80. The molecule has 0 aliphatic carbocycles. The zero-order valence-electron chi connectivity index (χ0n) is 9.41. The Labute approximate surface area is 122 Å². The highest BCUT2D eigenvalue weighted by atomic mass is 79.9. The van der Waals surface area contributed by atoms with Gasteiger partial charge in [-0.1, -0.05) is 11.6 Å². The number of nitrogens with zero attached hydrogens (tertiary/aromatic N) is 2. The minimum Gasteiger partial charge on any atom is -0.364 e. The van der Waals surface area contributed by atoms with Gasteiger partial charge in [0.1, 0.15) is 16.8 Å². The number of aryl methyl sites for hydroxylation is 1. The Bertz CT molecular complexity index is 588. The van der Waals surface area contributed by atoms with Crippen LogP contribution >= 0.6 is 38.9 Å². The van der Waals surface area contributed by atoms with E-state index in [9.17, 15) is 4.79 Å². The summed E-state index contributed by atoms with van der Waals surface area (Å²) >= 11 is 10.9. The molecule has 0 saturated carbocycles. The number of halogens is 2. The largest absolute Gasteiger partial charge is 0.364 e. The number of hydrogen-bond donors (Lipinski definition) is 1. The van der Waals surface area contributed by atoms with E-state index >= 15 is 0 Å². The molecule has 0 radical (unpaired) electrons. The first-order valence-electron chi connectivity index (χ1n) is 5.06. The molecule has 0 saturated heterocycles. The van der Waals surface area contributed by atoms with Crippen molar-refractivity contribution < 1.29 is 4.79 Å². The number of thiophene rings is 1. The molecule has 0 aliphatic rings. The Kier molecular flexibility index (Phi) is 4.31. The van der Waals surface area contributed by atoms with Gasteiger partial charge in [0.05, 0.1) is 12.1 Å². The monoisotopic (exact) mass is 345 g/mol. The molecule has 2 rings (SSSR count). The molecule has 0 fully saturated rings. The van der Waals surface area contributed by atoms with E-state index in [4.69, 9.17) is 11.6 Å². The van der Waals surface area contributed by atoms with Crippen LogP contribution in [0, 0.1) is 6.92 Å². The number of aromatic nitrogens is 2. The highest BCUT2D eigenvalue weighted by Crippen LogP contribution is 2.23. The van der Waals surface area contributed by atoms with Crippen LogP contribution in [-0.4, -0.2) is 16.3 Å². The van der Waals surface area contributed by atoms with Crippen molar-refractivity contribution in [2.75, 3.05) is 5.32 Å². The van der Waals surface area contributed by atoms with Crippen LogP contribution in [0.1, 0.15) is 21.1 Å². The lowest BCUT2D eigenvalue weighted by atomic mass is 10.3. The lowest BCUT2D eigenvalue weighted by Gasteiger charge is -2.08. The predicted molar refractivity (Wildman–Crippen MR) is 76.5 cm³/mol. The van der Waals surface area contributed by atoms with Gasteiger partial charge < -0.3 is 5.32 Å². The quantitative estimate of drug-likeness (QED) is 0.677. The third kappa shape index (κ3) is 3.07. The average Bonchev–Trinajstić information content (AvgIpc) is 2.72. The van der Waals surface area contributed by atoms with E-state index in [0.717, 1.165) is 9.35 Å². The molecule has 0 spiro atoms. The van der Waals surface area contributed by atoms with Gasteiger partial charge in [-0.3, -0.25) is 4.79 Å². The molecule has 0 aliphatic heterocycles. The molecule has 0 bridgehead atoms. The van der Waals surface area contributed by atoms with Crippen LogP contribution in [0.4, 0.5) is 5.82 Å². The minimum atomic E-state index is 0.173. The normalized spacial score (nSPS) is 10.4. The van der Waals surface area contributed by atoms with Crippen molar-refractivity contribution in [2.45, 2.75) is 13.5 Å². The standard InChI is InChI=1S/C11H9BrClN3OS/c1-6-15-10(13)9(4-17)11(16-6)14-3-8-2-7(12)5-18-8/h2,4-5H,3H2,1H3,(H,14,15,16). The van der Waals surface area contributed by atoms with E-state index in [1.807, 2.05) is 11.4 Å². The molecule has 94 valence electrons. The van der Waals surface area contributed by atoms with Crippen LogP contribution in [0.3, 0.4) is 0 Å². The van der Waals surface area contributed by atoms with Crippen molar-refractivity contribution in [1.82, 2.24) is 9.97 Å². The molecule has 2 heterocycles. The Morgan fingerprint density at radius 2 is 2.33 bits per heavy atom. The van der Waals surface area contributed by atoms with E-state index in [1.54, 1.807) is 18.3 Å². The molecule has 18 heavy (non-hydrogen) atoms. The summed E-state index contributed by atoms with van der Waals surface area (Å²) in [5.74, 6) is 0.993. The molecule has 0 unspecified atom stereocenters. The van der Waals surface area contributed by atoms with Crippen molar-refractivity contribution in [3.8, 4) is 0 Å². The van der Waals surface area contributed by atoms with E-state index in [0.29, 0.717) is 24.5 Å². The molecule has 0 amide bonds. The first-order valence-corrected chi connectivity index (χ1v) is 7.11. The summed E-state index contributed by atoms with van der Waals surface area (Å²) < 4.78 is 1.04. The molecule has 4 nitrogen and oxygen atoms in total. The third-order valence-corrected chi connectivity index (χ3v) is 4.17. The molecule has 2 aromatic rings. The van der Waals surface area contributed by atoms with Crippen molar-refractivity contribution in [1.29, 1.82) is 0 Å². The lowest BCUT2D eigenvalue weighted by Crippen LogP contribution is -2.06. The van der Waals surface area contributed by atoms with Gasteiger partial charge in [0.2, 0.25) is 0 Å². The first kappa shape index (κ1) is 13.5. The minimum absolute atomic E-state index is 0.173. The van der Waals surface area contributed by atoms with Gasteiger partial charge in [0.25, 0.3) is 0 Å². The smallest absolute Gasteiger partial charge is 0.156 e. The van der Waals surface area contributed by atoms with Gasteiger partial charge >= 0.3 is 0 Å². The molecule has 1 N–H and O–H groups in total. The molecular weight excluding hydrogens is 338 g/mol. The van der Waals surface area contributed by atoms with Crippen LogP contribution in [0.2, 0.25) is 5.15 Å². The van der Waals surface area contributed by atoms with Gasteiger partial charge in [-0.2, -0.15) is 0 Å². The second kappa shape index (κ2) is 5.77. The second-order valence-electron chi connectivity index (χ2n) is 3.53. The average molecular weight is 347 g/mol. The molecule has 7 heteroatoms. The summed E-state index contributed by atoms with van der Waals surface area (Å²) in [7, 11) is 0. The number of carbonyl (C=O) groups excluding carboxylic acids is 1. The van der Waals surface area contributed by atoms with Crippen LogP contribution in [0.25, 0.3) is 0 Å². The summed E-state index contributed by atoms with van der Waals surface area (Å²) in [5.41, 5.74) is 0.290. The van der Waals surface area contributed by atoms with E-state index < -0.39 is 0 Å². The fourth-order valence-corrected chi connectivity index (χ4v) is 3.05. The van der Waals surface area contributed by atoms with Crippen LogP contribution in [0.15, 0.2) is 15.9 Å². The molecule has 0 atom stereocenters. The fraction of sp³-hybridized carbons (Fsp3) is 0.182. The topological polar surface area (TPSA) is 54.9 Å². The highest BCUT2D eigenvalue weighted by molar-refractivity contribution is 9.10. The van der Waals surface area contributed by atoms with Crippen LogP contribution < -0.4 is 5.32 Å². The third-order valence-electron chi connectivity index (χ3n) is 2.18. The maximum atomic E-state index is 11.0. The molecule has 2 aromatic heterocycles. The predicted octanol–water partition coefficient (Wildman–Crippen LogP) is 3.69. The zero-order valence-corrected chi connectivity index (χ0v) is 12.6. The Morgan fingerprint density at radius 1 is 1.56 bits per heavy atom. The first-order chi connectivity index (χ1) is 8.60. The van der Waals surface area contributed by atoms with Crippen LogP contribution in [0.5, 0.6) is 0 Å². The summed E-state index contributed by atoms with van der Waals surface area (Å²) in [4.78, 5) is 20.2. The Hall–Kier alpha value is -0.980. The number of carbonyl (C=O) groups is 1. The van der Waals surface area contributed by atoms with E-state index in [1.165, 1.54) is 0 Å². The summed E-state index contributed by atoms with van der Waals surface area (Å²) in [6.07, 6.45) is 0.661. The maximum Gasteiger partial charge on any atom is 0.156 e. The number of aldehydes is 1. The Balaban J connectivity index is 2.20. The SMILES string of the molecule is Cc1nc(Cl)c(C=O)c(NCc2cc(Br)cs2)n1. The zero-order chi connectivity index (χ0) is 13.1. The number of rotatable bonds is 4. The van der Waals surface area contributed by atoms with Gasteiger partial charge in [0, 0.05) is 14.7 Å². The molecule has 0 aromatic carbocycles. The summed E-state index contributed by atoms with van der Waals surface area (Å²) in [6, 6.07) is 2.01. The fourth-order valence-electron chi connectivity index (χ4n) is 1.40. The summed E-state index contributed by atoms with van der Waals surface area (Å²) in [6.45, 7) is 2.32. The number of hydrogen-bond acceptors (Lipinski definition) is 5. The number of nitrogens with one attached hydrogen (secondary N) is 1. The number of anilines is 1. The highest BCUT2D eigenvalue weighted by Gasteiger charge is 2.11. The van der Waals surface area contributed by atoms with Gasteiger partial charge in [-0.25, -0.2) is 9.97 Å². The van der Waals surface area contributed by atoms with Crippen molar-refractivity contribution >= 4 is 51.0 Å². The Morgan fingerprint density at radius 3 is 2.94 bits per heavy atom. The van der Waals surface area contributed by atoms with Gasteiger partial charge in [-0.05, 0) is 28.9 Å². The van der Waals surface area contributed by atoms with Crippen molar-refractivity contribution in [2.24, 2.45) is 0 Å². The van der Waals surface area contributed by atoms with Crippen molar-refractivity contribution in [3.63, 3.8) is 0 Å². The van der Waals surface area contributed by atoms with Gasteiger partial charge in [-0.15, -0.1) is 11.3 Å². The van der Waals surface area contributed by atoms with Crippen LogP contribution in [-0.2, 0) is 6.54 Å². The van der Waals surface area contributed by atoms with E-state index in [2.05, 4.69) is 31.2 Å². The maximum absolute atomic E-state index is 11.0. The lowest BCUT2D eigenvalue weighted by molar-refractivity contribution is 0.112.